The van der Waals surface area contributed by atoms with Crippen LogP contribution in [0, 0.1) is 23.7 Å². The van der Waals surface area contributed by atoms with E-state index in [9.17, 15) is 0 Å². The number of nitrogens with zero attached hydrogens (tertiary/aromatic N) is 1. The van der Waals surface area contributed by atoms with E-state index in [0.717, 1.165) is 34.8 Å². The fraction of sp³-hybridized carbons (Fsp3) is 0.375. The van der Waals surface area contributed by atoms with Crippen LogP contribution in [-0.2, 0) is 16.2 Å². The third-order valence-electron chi connectivity index (χ3n) is 14.3. The molecule has 5 aromatic carbocycles. The molecule has 4 bridgehead atoms. The Bertz CT molecular complexity index is 2370. The molecule has 51 heavy (non-hydrogen) atoms. The molecule has 4 saturated carbocycles. The minimum Gasteiger partial charge on any atom is -0.456 e. The number of anilines is 3. The van der Waals surface area contributed by atoms with Crippen LogP contribution in [-0.4, -0.2) is 0 Å². The number of furan rings is 1. The largest absolute Gasteiger partial charge is 0.456 e. The summed E-state index contributed by atoms with van der Waals surface area (Å²) in [5.74, 6) is 3.36. The van der Waals surface area contributed by atoms with Gasteiger partial charge in [-0.2, -0.15) is 0 Å². The van der Waals surface area contributed by atoms with Gasteiger partial charge in [0.15, 0.2) is 0 Å². The number of para-hydroxylation sites is 1. The van der Waals surface area contributed by atoms with Gasteiger partial charge >= 0.3 is 0 Å². The summed E-state index contributed by atoms with van der Waals surface area (Å²) in [6.45, 7) is 9.81. The Morgan fingerprint density at radius 1 is 0.569 bits per heavy atom. The van der Waals surface area contributed by atoms with Gasteiger partial charge in [0, 0.05) is 37.4 Å². The van der Waals surface area contributed by atoms with Crippen molar-refractivity contribution in [2.75, 3.05) is 4.90 Å². The first-order valence-corrected chi connectivity index (χ1v) is 20.3. The van der Waals surface area contributed by atoms with Gasteiger partial charge in [0.2, 0.25) is 0 Å². The normalized spacial score (nSPS) is 27.8. The number of hydrogen-bond acceptors (Lipinski definition) is 3. The van der Waals surface area contributed by atoms with Crippen molar-refractivity contribution in [2.45, 2.75) is 98.7 Å². The van der Waals surface area contributed by atoms with Crippen LogP contribution in [0.4, 0.5) is 17.1 Å². The van der Waals surface area contributed by atoms with Gasteiger partial charge in [-0.3, -0.25) is 0 Å². The van der Waals surface area contributed by atoms with E-state index in [1.54, 1.807) is 11.1 Å². The summed E-state index contributed by atoms with van der Waals surface area (Å²) in [5.41, 5.74) is 12.2. The zero-order valence-corrected chi connectivity index (χ0v) is 31.2. The maximum Gasteiger partial charge on any atom is 0.135 e. The van der Waals surface area contributed by atoms with Crippen molar-refractivity contribution < 1.29 is 4.42 Å². The second-order valence-electron chi connectivity index (χ2n) is 18.0. The molecule has 0 unspecified atom stereocenters. The van der Waals surface area contributed by atoms with Crippen molar-refractivity contribution in [2.24, 2.45) is 23.7 Å². The summed E-state index contributed by atoms with van der Waals surface area (Å²) in [7, 11) is 0. The number of hydrogen-bond donors (Lipinski definition) is 0. The summed E-state index contributed by atoms with van der Waals surface area (Å²) < 4.78 is 6.35. The Labute approximate surface area is 306 Å². The van der Waals surface area contributed by atoms with Crippen molar-refractivity contribution in [3.8, 4) is 0 Å². The first-order chi connectivity index (χ1) is 24.7. The minimum absolute atomic E-state index is 0.0540. The average Bonchev–Trinajstić information content (AvgIpc) is 3.50. The first-order valence-electron chi connectivity index (χ1n) is 19.5. The molecule has 0 N–H and O–H groups in total. The molecule has 0 atom stereocenters. The van der Waals surface area contributed by atoms with E-state index in [4.69, 9.17) is 4.42 Å². The summed E-state index contributed by atoms with van der Waals surface area (Å²) >= 11 is 2.02. The average molecular weight is 686 g/mol. The Morgan fingerprint density at radius 3 is 2.04 bits per heavy atom. The van der Waals surface area contributed by atoms with Gasteiger partial charge in [0.1, 0.15) is 11.2 Å². The standard InChI is InChI=1S/C48H47NOS/c1-46(2)20-21-47(3,4)45-39(46)12-9-13-40(45)49(33-17-19-42-36(27-33)35-10-5-7-14-41(35)50-42)34-16-18-38-44(28-34)51-43-15-8-6-11-37(43)48(38)31-23-29-22-30(25-31)26-32(48)24-29/h5-19,27-32H,20-26H2,1-4H3. The molecule has 6 aromatic rings. The molecule has 1 aliphatic heterocycles. The molecule has 4 fully saturated rings. The molecule has 5 aliphatic carbocycles. The molecule has 2 nitrogen and oxygen atoms in total. The van der Waals surface area contributed by atoms with Gasteiger partial charge in [0.05, 0.1) is 5.69 Å². The molecule has 1 aromatic heterocycles. The molecule has 12 rings (SSSR count). The quantitative estimate of drug-likeness (QED) is 0.184. The molecule has 2 heterocycles. The topological polar surface area (TPSA) is 16.4 Å². The van der Waals surface area contributed by atoms with E-state index in [1.165, 1.54) is 93.7 Å². The van der Waals surface area contributed by atoms with E-state index < -0.39 is 0 Å². The summed E-state index contributed by atoms with van der Waals surface area (Å²) in [6.07, 6.45) is 9.46. The molecule has 0 saturated heterocycles. The highest BCUT2D eigenvalue weighted by Gasteiger charge is 2.60. The van der Waals surface area contributed by atoms with Crippen molar-refractivity contribution >= 4 is 50.8 Å². The lowest BCUT2D eigenvalue weighted by atomic mass is 9.42. The summed E-state index contributed by atoms with van der Waals surface area (Å²) in [4.78, 5) is 5.53. The molecule has 0 amide bonds. The van der Waals surface area contributed by atoms with Crippen molar-refractivity contribution in [3.05, 3.63) is 125 Å². The predicted octanol–water partition coefficient (Wildman–Crippen LogP) is 13.6. The van der Waals surface area contributed by atoms with E-state index in [2.05, 4.69) is 136 Å². The van der Waals surface area contributed by atoms with Crippen LogP contribution in [0.5, 0.6) is 0 Å². The SMILES string of the molecule is CC1(C)CCC(C)(C)c2c(N(c3ccc4c(c3)Sc3ccccc3C43C4CC5CC(C4)CC3C5)c3ccc4oc5ccccc5c4c3)cccc21. The molecule has 6 aliphatic rings. The van der Waals surface area contributed by atoms with Crippen molar-refractivity contribution in [1.29, 1.82) is 0 Å². The van der Waals surface area contributed by atoms with E-state index in [-0.39, 0.29) is 16.2 Å². The smallest absolute Gasteiger partial charge is 0.135 e. The fourth-order valence-electron chi connectivity index (χ4n) is 12.2. The van der Waals surface area contributed by atoms with Crippen LogP contribution in [0.15, 0.2) is 117 Å². The van der Waals surface area contributed by atoms with Gasteiger partial charge in [-0.05, 0) is 150 Å². The van der Waals surface area contributed by atoms with E-state index in [1.807, 2.05) is 11.8 Å². The Hall–Kier alpha value is -3.95. The molecule has 256 valence electrons. The third kappa shape index (κ3) is 4.25. The molecular formula is C48H47NOS. The van der Waals surface area contributed by atoms with Crippen molar-refractivity contribution in [3.63, 3.8) is 0 Å². The first kappa shape index (κ1) is 30.7. The van der Waals surface area contributed by atoms with Crippen LogP contribution in [0.1, 0.15) is 94.9 Å². The lowest BCUT2D eigenvalue weighted by Gasteiger charge is -2.63. The monoisotopic (exact) mass is 685 g/mol. The highest BCUT2D eigenvalue weighted by Crippen LogP contribution is 2.69. The van der Waals surface area contributed by atoms with Gasteiger partial charge in [-0.15, -0.1) is 0 Å². The summed E-state index contributed by atoms with van der Waals surface area (Å²) in [6, 6.07) is 39.6. The lowest BCUT2D eigenvalue weighted by Crippen LogP contribution is -2.57. The maximum absolute atomic E-state index is 6.35. The van der Waals surface area contributed by atoms with Crippen molar-refractivity contribution in [1.82, 2.24) is 0 Å². The zero-order chi connectivity index (χ0) is 34.3. The van der Waals surface area contributed by atoms with Gasteiger partial charge in [-0.1, -0.05) is 94.1 Å². The van der Waals surface area contributed by atoms with E-state index in [0.29, 0.717) is 0 Å². The van der Waals surface area contributed by atoms with Crippen LogP contribution in [0.3, 0.4) is 0 Å². The Morgan fingerprint density at radius 2 is 1.22 bits per heavy atom. The second-order valence-corrected chi connectivity index (χ2v) is 19.1. The molecule has 3 heteroatoms. The van der Waals surface area contributed by atoms with Crippen LogP contribution >= 0.6 is 11.8 Å². The van der Waals surface area contributed by atoms with Gasteiger partial charge < -0.3 is 9.32 Å². The Kier molecular flexibility index (Phi) is 6.35. The highest BCUT2D eigenvalue weighted by molar-refractivity contribution is 7.99. The minimum atomic E-state index is 0.0540. The zero-order valence-electron chi connectivity index (χ0n) is 30.3. The van der Waals surface area contributed by atoms with Crippen LogP contribution in [0.2, 0.25) is 0 Å². The van der Waals surface area contributed by atoms with E-state index >= 15 is 0 Å². The lowest BCUT2D eigenvalue weighted by molar-refractivity contribution is -0.0443. The van der Waals surface area contributed by atoms with Crippen LogP contribution < -0.4 is 4.90 Å². The fourth-order valence-corrected chi connectivity index (χ4v) is 13.5. The number of fused-ring (bicyclic) bond motifs is 6. The number of rotatable bonds is 3. The Balaban J connectivity index is 1.15. The molecule has 1 spiro atoms. The highest BCUT2D eigenvalue weighted by atomic mass is 32.2. The van der Waals surface area contributed by atoms with Gasteiger partial charge in [0.25, 0.3) is 0 Å². The molecule has 0 radical (unpaired) electrons. The summed E-state index contributed by atoms with van der Waals surface area (Å²) in [5, 5.41) is 2.35. The van der Waals surface area contributed by atoms with Crippen LogP contribution in [0.25, 0.3) is 21.9 Å². The van der Waals surface area contributed by atoms with Gasteiger partial charge in [-0.25, -0.2) is 0 Å². The second kappa shape index (κ2) is 10.6. The third-order valence-corrected chi connectivity index (χ3v) is 15.5. The number of benzene rings is 5. The predicted molar refractivity (Wildman–Crippen MR) is 212 cm³/mol. The maximum atomic E-state index is 6.35. The molecular weight excluding hydrogens is 639 g/mol.